The van der Waals surface area contributed by atoms with Crippen molar-refractivity contribution < 1.29 is 24.5 Å². The van der Waals surface area contributed by atoms with Gasteiger partial charge in [-0.1, -0.05) is 0 Å². The molecule has 0 aromatic carbocycles. The number of carboxylic acid groups (broad SMARTS) is 1. The normalized spacial score (nSPS) is 9.91. The fourth-order valence-corrected chi connectivity index (χ4v) is 0.634. The lowest BCUT2D eigenvalue weighted by atomic mass is 10.4. The van der Waals surface area contributed by atoms with Crippen LogP contribution in [0.1, 0.15) is 16.3 Å². The van der Waals surface area contributed by atoms with E-state index in [2.05, 4.69) is 4.89 Å². The lowest BCUT2D eigenvalue weighted by Crippen LogP contribution is -1.92. The molecule has 0 fully saturated rings. The molecule has 11 heavy (non-hydrogen) atoms. The number of rotatable bonds is 3. The quantitative estimate of drug-likeness (QED) is 0.506. The van der Waals surface area contributed by atoms with Crippen LogP contribution in [0, 0.1) is 0 Å². The topological polar surface area (TPSA) is 79.9 Å². The molecule has 0 saturated carbocycles. The van der Waals surface area contributed by atoms with E-state index in [4.69, 9.17) is 14.8 Å². The van der Waals surface area contributed by atoms with Gasteiger partial charge < -0.3 is 9.52 Å². The van der Waals surface area contributed by atoms with Crippen LogP contribution < -0.4 is 0 Å². The molecule has 0 spiro atoms. The minimum atomic E-state index is -1.14. The second-order valence-corrected chi connectivity index (χ2v) is 1.84. The van der Waals surface area contributed by atoms with E-state index in [0.717, 1.165) is 0 Å². The first kappa shape index (κ1) is 7.77. The number of hydrogen-bond donors (Lipinski definition) is 2. The Hall–Kier alpha value is -1.33. The Bertz CT molecular complexity index is 251. The Labute approximate surface area is 61.7 Å². The minimum Gasteiger partial charge on any atom is -0.475 e. The third-order valence-electron chi connectivity index (χ3n) is 1.08. The second kappa shape index (κ2) is 3.18. The lowest BCUT2D eigenvalue weighted by Gasteiger charge is -1.89. The molecular formula is C6H6O5. The van der Waals surface area contributed by atoms with Crippen LogP contribution >= 0.6 is 0 Å². The first-order chi connectivity index (χ1) is 5.24. The molecule has 0 amide bonds. The summed E-state index contributed by atoms with van der Waals surface area (Å²) in [7, 11) is 0. The number of hydrogen-bond acceptors (Lipinski definition) is 4. The van der Waals surface area contributed by atoms with Crippen molar-refractivity contribution in [2.45, 2.75) is 6.61 Å². The van der Waals surface area contributed by atoms with Crippen molar-refractivity contribution in [1.82, 2.24) is 0 Å². The SMILES string of the molecule is O=C(O)c1ccc(COO)o1. The molecule has 0 unspecified atom stereocenters. The first-order valence-electron chi connectivity index (χ1n) is 2.82. The zero-order chi connectivity index (χ0) is 8.27. The molecule has 2 N–H and O–H groups in total. The highest BCUT2D eigenvalue weighted by molar-refractivity contribution is 5.84. The minimum absolute atomic E-state index is 0.146. The maximum atomic E-state index is 10.2. The van der Waals surface area contributed by atoms with E-state index in [1.165, 1.54) is 12.1 Å². The molecule has 0 bridgehead atoms. The summed E-state index contributed by atoms with van der Waals surface area (Å²) in [5, 5.41) is 16.3. The summed E-state index contributed by atoms with van der Waals surface area (Å²) in [4.78, 5) is 14.0. The van der Waals surface area contributed by atoms with Crippen molar-refractivity contribution >= 4 is 5.97 Å². The molecular weight excluding hydrogens is 152 g/mol. The maximum Gasteiger partial charge on any atom is 0.371 e. The third kappa shape index (κ3) is 1.79. The zero-order valence-electron chi connectivity index (χ0n) is 5.48. The van der Waals surface area contributed by atoms with Crippen LogP contribution in [0.3, 0.4) is 0 Å². The summed E-state index contributed by atoms with van der Waals surface area (Å²) >= 11 is 0. The molecule has 0 radical (unpaired) electrons. The number of furan rings is 1. The smallest absolute Gasteiger partial charge is 0.371 e. The molecule has 60 valence electrons. The standard InChI is InChI=1S/C6H6O5/c7-6(8)5-2-1-4(11-5)3-10-9/h1-2,9H,3H2,(H,7,8). The number of carboxylic acids is 1. The van der Waals surface area contributed by atoms with Gasteiger partial charge in [-0.15, -0.1) is 0 Å². The van der Waals surface area contributed by atoms with Gasteiger partial charge in [0.2, 0.25) is 5.76 Å². The summed E-state index contributed by atoms with van der Waals surface area (Å²) in [6, 6.07) is 2.70. The van der Waals surface area contributed by atoms with Crippen LogP contribution in [0.15, 0.2) is 16.5 Å². The first-order valence-corrected chi connectivity index (χ1v) is 2.82. The monoisotopic (exact) mass is 158 g/mol. The van der Waals surface area contributed by atoms with Crippen molar-refractivity contribution in [3.63, 3.8) is 0 Å². The van der Waals surface area contributed by atoms with Crippen molar-refractivity contribution in [3.05, 3.63) is 23.7 Å². The van der Waals surface area contributed by atoms with E-state index in [-0.39, 0.29) is 18.1 Å². The molecule has 0 aliphatic rings. The number of aromatic carboxylic acids is 1. The van der Waals surface area contributed by atoms with E-state index in [1.54, 1.807) is 0 Å². The Morgan fingerprint density at radius 3 is 2.82 bits per heavy atom. The van der Waals surface area contributed by atoms with Gasteiger partial charge in [-0.25, -0.2) is 9.68 Å². The summed E-state index contributed by atoms with van der Waals surface area (Å²) in [5.74, 6) is -1.05. The van der Waals surface area contributed by atoms with E-state index in [1.807, 2.05) is 0 Å². The van der Waals surface area contributed by atoms with Gasteiger partial charge in [0.15, 0.2) is 0 Å². The molecule has 1 aromatic heterocycles. The van der Waals surface area contributed by atoms with Crippen molar-refractivity contribution in [2.24, 2.45) is 0 Å². The Morgan fingerprint density at radius 2 is 2.36 bits per heavy atom. The molecule has 1 heterocycles. The van der Waals surface area contributed by atoms with Crippen LogP contribution in [0.25, 0.3) is 0 Å². The van der Waals surface area contributed by atoms with Gasteiger partial charge in [0, 0.05) is 0 Å². The van der Waals surface area contributed by atoms with Gasteiger partial charge in [0.05, 0.1) is 0 Å². The molecule has 0 saturated heterocycles. The molecule has 0 atom stereocenters. The second-order valence-electron chi connectivity index (χ2n) is 1.84. The summed E-state index contributed by atoms with van der Waals surface area (Å²) < 4.78 is 4.70. The highest BCUT2D eigenvalue weighted by Gasteiger charge is 2.07. The highest BCUT2D eigenvalue weighted by Crippen LogP contribution is 2.07. The van der Waals surface area contributed by atoms with Gasteiger partial charge in [0.1, 0.15) is 12.4 Å². The third-order valence-corrected chi connectivity index (χ3v) is 1.08. The average Bonchev–Trinajstić information content (AvgIpc) is 2.37. The van der Waals surface area contributed by atoms with Crippen LogP contribution in [-0.2, 0) is 11.5 Å². The molecule has 5 nitrogen and oxygen atoms in total. The van der Waals surface area contributed by atoms with Crippen LogP contribution in [0.5, 0.6) is 0 Å². The predicted molar refractivity (Wildman–Crippen MR) is 33.1 cm³/mol. The van der Waals surface area contributed by atoms with E-state index in [9.17, 15) is 4.79 Å². The van der Waals surface area contributed by atoms with Crippen molar-refractivity contribution in [3.8, 4) is 0 Å². The molecule has 5 heteroatoms. The van der Waals surface area contributed by atoms with E-state index in [0.29, 0.717) is 0 Å². The van der Waals surface area contributed by atoms with Crippen LogP contribution in [0.2, 0.25) is 0 Å². The van der Waals surface area contributed by atoms with Crippen molar-refractivity contribution in [1.29, 1.82) is 0 Å². The van der Waals surface area contributed by atoms with Gasteiger partial charge in [-0.2, -0.15) is 0 Å². The molecule has 1 aromatic rings. The Morgan fingerprint density at radius 1 is 1.64 bits per heavy atom. The fraction of sp³-hybridized carbons (Fsp3) is 0.167. The molecule has 0 aliphatic carbocycles. The van der Waals surface area contributed by atoms with Crippen LogP contribution in [0.4, 0.5) is 0 Å². The molecule has 1 rings (SSSR count). The summed E-state index contributed by atoms with van der Waals surface area (Å²) in [6.07, 6.45) is 0. The fourth-order valence-electron chi connectivity index (χ4n) is 0.634. The maximum absolute atomic E-state index is 10.2. The Kier molecular flexibility index (Phi) is 2.25. The highest BCUT2D eigenvalue weighted by atomic mass is 17.1. The largest absolute Gasteiger partial charge is 0.475 e. The number of carbonyl (C=O) groups is 1. The van der Waals surface area contributed by atoms with Crippen LogP contribution in [-0.4, -0.2) is 16.3 Å². The van der Waals surface area contributed by atoms with E-state index >= 15 is 0 Å². The zero-order valence-corrected chi connectivity index (χ0v) is 5.48. The lowest BCUT2D eigenvalue weighted by molar-refractivity contribution is -0.256. The molecule has 0 aliphatic heterocycles. The average molecular weight is 158 g/mol. The van der Waals surface area contributed by atoms with Crippen molar-refractivity contribution in [2.75, 3.05) is 0 Å². The van der Waals surface area contributed by atoms with Gasteiger partial charge in [0.25, 0.3) is 0 Å². The summed E-state index contributed by atoms with van der Waals surface area (Å²) in [5.41, 5.74) is 0. The summed E-state index contributed by atoms with van der Waals surface area (Å²) in [6.45, 7) is -0.146. The Balaban J connectivity index is 2.73. The predicted octanol–water partition coefficient (Wildman–Crippen LogP) is 0.967. The van der Waals surface area contributed by atoms with Gasteiger partial charge in [-0.3, -0.25) is 5.26 Å². The van der Waals surface area contributed by atoms with Gasteiger partial charge >= 0.3 is 5.97 Å². The van der Waals surface area contributed by atoms with Gasteiger partial charge in [-0.05, 0) is 12.1 Å². The van der Waals surface area contributed by atoms with E-state index < -0.39 is 5.97 Å².